The molecular weight excluding hydrogens is 305 g/mol. The van der Waals surface area contributed by atoms with Crippen LogP contribution in [-0.4, -0.2) is 12.9 Å². The molecule has 0 spiro atoms. The summed E-state index contributed by atoms with van der Waals surface area (Å²) in [4.78, 5) is 12.1. The van der Waals surface area contributed by atoms with Gasteiger partial charge in [-0.25, -0.2) is 0 Å². The molecule has 0 fully saturated rings. The van der Waals surface area contributed by atoms with Gasteiger partial charge in [0, 0.05) is 12.7 Å². The maximum Gasteiger partial charge on any atom is 0.416 e. The molecule has 120 valence electrons. The van der Waals surface area contributed by atoms with Crippen molar-refractivity contribution in [2.75, 3.05) is 7.11 Å². The zero-order valence-electron chi connectivity index (χ0n) is 12.4. The van der Waals surface area contributed by atoms with Crippen molar-refractivity contribution in [3.63, 3.8) is 0 Å². The molecule has 0 aliphatic carbocycles. The molecular formula is C18H15F3O2. The minimum Gasteiger partial charge on any atom is -0.380 e. The van der Waals surface area contributed by atoms with E-state index in [9.17, 15) is 18.0 Å². The van der Waals surface area contributed by atoms with Crippen LogP contribution in [0, 0.1) is 0 Å². The van der Waals surface area contributed by atoms with E-state index in [4.69, 9.17) is 4.74 Å². The van der Waals surface area contributed by atoms with Crippen molar-refractivity contribution in [3.05, 3.63) is 76.9 Å². The number of benzene rings is 2. The maximum absolute atomic E-state index is 12.6. The van der Waals surface area contributed by atoms with E-state index in [0.717, 1.165) is 17.7 Å². The van der Waals surface area contributed by atoms with Crippen LogP contribution in [0.25, 0.3) is 6.08 Å². The van der Waals surface area contributed by atoms with E-state index in [-0.39, 0.29) is 5.78 Å². The first kappa shape index (κ1) is 17.0. The second-order valence-corrected chi connectivity index (χ2v) is 4.95. The molecule has 0 aliphatic heterocycles. The lowest BCUT2D eigenvalue weighted by molar-refractivity contribution is -0.137. The smallest absolute Gasteiger partial charge is 0.380 e. The summed E-state index contributed by atoms with van der Waals surface area (Å²) in [6.45, 7) is 0.387. The summed E-state index contributed by atoms with van der Waals surface area (Å²) >= 11 is 0. The van der Waals surface area contributed by atoms with Gasteiger partial charge in [-0.05, 0) is 35.4 Å². The quantitative estimate of drug-likeness (QED) is 0.587. The SMILES string of the molecule is COCc1cccc(C(=O)/C=C/c2cccc(C(F)(F)F)c2)c1. The zero-order chi connectivity index (χ0) is 16.9. The topological polar surface area (TPSA) is 26.3 Å². The van der Waals surface area contributed by atoms with Gasteiger partial charge in [0.15, 0.2) is 5.78 Å². The van der Waals surface area contributed by atoms with Gasteiger partial charge in [-0.1, -0.05) is 36.4 Å². The fourth-order valence-electron chi connectivity index (χ4n) is 2.07. The Morgan fingerprint density at radius 3 is 2.57 bits per heavy atom. The summed E-state index contributed by atoms with van der Waals surface area (Å²) in [5.41, 5.74) is 0.893. The number of ether oxygens (including phenoxy) is 1. The number of alkyl halides is 3. The van der Waals surface area contributed by atoms with Gasteiger partial charge in [0.1, 0.15) is 0 Å². The molecule has 0 N–H and O–H groups in total. The van der Waals surface area contributed by atoms with Crippen molar-refractivity contribution in [2.24, 2.45) is 0 Å². The highest BCUT2D eigenvalue weighted by atomic mass is 19.4. The maximum atomic E-state index is 12.6. The summed E-state index contributed by atoms with van der Waals surface area (Å²) in [5, 5.41) is 0. The van der Waals surface area contributed by atoms with E-state index in [1.807, 2.05) is 6.07 Å². The van der Waals surface area contributed by atoms with E-state index in [2.05, 4.69) is 0 Å². The predicted molar refractivity (Wildman–Crippen MR) is 82.0 cm³/mol. The Hall–Kier alpha value is -2.40. The lowest BCUT2D eigenvalue weighted by Crippen LogP contribution is -2.04. The van der Waals surface area contributed by atoms with Gasteiger partial charge in [-0.3, -0.25) is 4.79 Å². The van der Waals surface area contributed by atoms with Gasteiger partial charge in [-0.15, -0.1) is 0 Å². The number of allylic oxidation sites excluding steroid dienone is 1. The van der Waals surface area contributed by atoms with Crippen LogP contribution in [-0.2, 0) is 17.5 Å². The Kier molecular flexibility index (Phi) is 5.34. The first-order valence-electron chi connectivity index (χ1n) is 6.87. The minimum absolute atomic E-state index is 0.277. The Labute approximate surface area is 132 Å². The predicted octanol–water partition coefficient (Wildman–Crippen LogP) is 4.75. The van der Waals surface area contributed by atoms with Crippen molar-refractivity contribution in [1.29, 1.82) is 0 Å². The van der Waals surface area contributed by atoms with Gasteiger partial charge in [0.25, 0.3) is 0 Å². The number of carbonyl (C=O) groups excluding carboxylic acids is 1. The van der Waals surface area contributed by atoms with Crippen molar-refractivity contribution in [3.8, 4) is 0 Å². The summed E-state index contributed by atoms with van der Waals surface area (Å²) < 4.78 is 42.9. The first-order valence-corrected chi connectivity index (χ1v) is 6.87. The van der Waals surface area contributed by atoms with E-state index in [1.54, 1.807) is 25.3 Å². The molecule has 0 saturated carbocycles. The summed E-state index contributed by atoms with van der Waals surface area (Å²) in [7, 11) is 1.56. The van der Waals surface area contributed by atoms with Crippen LogP contribution in [0.4, 0.5) is 13.2 Å². The average molecular weight is 320 g/mol. The molecule has 2 nitrogen and oxygen atoms in total. The number of carbonyl (C=O) groups is 1. The number of ketones is 1. The summed E-state index contributed by atoms with van der Waals surface area (Å²) in [5.74, 6) is -0.277. The van der Waals surface area contributed by atoms with E-state index in [0.29, 0.717) is 17.7 Å². The molecule has 0 aliphatic rings. The van der Waals surface area contributed by atoms with Crippen molar-refractivity contribution >= 4 is 11.9 Å². The van der Waals surface area contributed by atoms with Crippen LogP contribution in [0.3, 0.4) is 0 Å². The summed E-state index contributed by atoms with van der Waals surface area (Å²) in [6.07, 6.45) is -1.76. The molecule has 0 heterocycles. The Bertz CT molecular complexity index is 718. The Morgan fingerprint density at radius 1 is 1.13 bits per heavy atom. The molecule has 0 aromatic heterocycles. The van der Waals surface area contributed by atoms with Crippen molar-refractivity contribution in [1.82, 2.24) is 0 Å². The molecule has 5 heteroatoms. The standard InChI is InChI=1S/C18H15F3O2/c1-23-12-14-5-2-6-15(10-14)17(22)9-8-13-4-3-7-16(11-13)18(19,20)21/h2-11H,12H2,1H3/b9-8+. The van der Waals surface area contributed by atoms with E-state index in [1.165, 1.54) is 24.3 Å². The van der Waals surface area contributed by atoms with Crippen molar-refractivity contribution < 1.29 is 22.7 Å². The van der Waals surface area contributed by atoms with E-state index >= 15 is 0 Å². The molecule has 2 aromatic rings. The van der Waals surface area contributed by atoms with Crippen molar-refractivity contribution in [2.45, 2.75) is 12.8 Å². The molecule has 2 rings (SSSR count). The lowest BCUT2D eigenvalue weighted by atomic mass is 10.1. The lowest BCUT2D eigenvalue weighted by Gasteiger charge is -2.06. The van der Waals surface area contributed by atoms with Gasteiger partial charge < -0.3 is 4.74 Å². The van der Waals surface area contributed by atoms with Crippen LogP contribution in [0.1, 0.15) is 27.0 Å². The van der Waals surface area contributed by atoms with Gasteiger partial charge in [0.2, 0.25) is 0 Å². The minimum atomic E-state index is -4.40. The van der Waals surface area contributed by atoms with Gasteiger partial charge in [-0.2, -0.15) is 13.2 Å². The normalized spacial score (nSPS) is 11.8. The highest BCUT2D eigenvalue weighted by Gasteiger charge is 2.30. The molecule has 0 atom stereocenters. The van der Waals surface area contributed by atoms with Crippen LogP contribution in [0.2, 0.25) is 0 Å². The summed E-state index contributed by atoms with van der Waals surface area (Å²) in [6, 6.07) is 11.7. The largest absolute Gasteiger partial charge is 0.416 e. The fourth-order valence-corrected chi connectivity index (χ4v) is 2.07. The molecule has 23 heavy (non-hydrogen) atoms. The Balaban J connectivity index is 2.17. The number of halogens is 3. The number of methoxy groups -OCH3 is 1. The molecule has 2 aromatic carbocycles. The van der Waals surface area contributed by atoms with Gasteiger partial charge in [0.05, 0.1) is 12.2 Å². The van der Waals surface area contributed by atoms with Crippen LogP contribution in [0.15, 0.2) is 54.6 Å². The highest BCUT2D eigenvalue weighted by molar-refractivity contribution is 6.06. The number of rotatable bonds is 5. The fraction of sp³-hybridized carbons (Fsp3) is 0.167. The Morgan fingerprint density at radius 2 is 1.87 bits per heavy atom. The van der Waals surface area contributed by atoms with Gasteiger partial charge >= 0.3 is 6.18 Å². The van der Waals surface area contributed by atoms with E-state index < -0.39 is 11.7 Å². The number of hydrogen-bond acceptors (Lipinski definition) is 2. The molecule has 0 bridgehead atoms. The zero-order valence-corrected chi connectivity index (χ0v) is 12.4. The molecule has 0 radical (unpaired) electrons. The third kappa shape index (κ3) is 4.79. The van der Waals surface area contributed by atoms with Crippen LogP contribution in [0.5, 0.6) is 0 Å². The second-order valence-electron chi connectivity index (χ2n) is 4.95. The third-order valence-corrected chi connectivity index (χ3v) is 3.16. The number of hydrogen-bond donors (Lipinski definition) is 0. The highest BCUT2D eigenvalue weighted by Crippen LogP contribution is 2.29. The molecule has 0 unspecified atom stereocenters. The monoisotopic (exact) mass is 320 g/mol. The van der Waals surface area contributed by atoms with Crippen LogP contribution >= 0.6 is 0 Å². The molecule has 0 amide bonds. The first-order chi connectivity index (χ1) is 10.9. The third-order valence-electron chi connectivity index (χ3n) is 3.16. The second kappa shape index (κ2) is 7.24. The average Bonchev–Trinajstić information content (AvgIpc) is 2.53. The molecule has 0 saturated heterocycles. The van der Waals surface area contributed by atoms with Crippen LogP contribution < -0.4 is 0 Å².